The van der Waals surface area contributed by atoms with Crippen molar-refractivity contribution in [2.75, 3.05) is 0 Å². The number of fused-ring (bicyclic) bond motifs is 3. The second-order valence-corrected chi connectivity index (χ2v) is 6.39. The number of carboxylic acid groups (broad SMARTS) is 1. The molecule has 2 heterocycles. The first-order valence-electron chi connectivity index (χ1n) is 8.64. The molecule has 5 rings (SSSR count). The third-order valence-corrected chi connectivity index (χ3v) is 4.80. The molecule has 0 aliphatic rings. The number of furan rings is 1. The molecule has 0 saturated carbocycles. The smallest absolute Gasteiger partial charge is 0.371 e. The fourth-order valence-electron chi connectivity index (χ4n) is 3.58. The second-order valence-electron chi connectivity index (χ2n) is 6.39. The molecular weight excluding hydrogens is 338 g/mol. The van der Waals surface area contributed by atoms with Crippen LogP contribution in [0.5, 0.6) is 0 Å². The molecule has 1 N–H and O–H groups in total. The van der Waals surface area contributed by atoms with E-state index in [-0.39, 0.29) is 5.76 Å². The summed E-state index contributed by atoms with van der Waals surface area (Å²) in [6, 6.07) is 27.7. The molecule has 0 atom stereocenters. The molecule has 0 unspecified atom stereocenters. The Hall–Kier alpha value is -3.79. The van der Waals surface area contributed by atoms with Crippen molar-refractivity contribution in [2.24, 2.45) is 0 Å². The summed E-state index contributed by atoms with van der Waals surface area (Å²) in [5.74, 6) is -0.674. The first-order chi connectivity index (χ1) is 13.2. The van der Waals surface area contributed by atoms with Crippen LogP contribution in [0.1, 0.15) is 10.6 Å². The van der Waals surface area contributed by atoms with Crippen LogP contribution in [0, 0.1) is 0 Å². The number of nitrogens with zero attached hydrogens (tertiary/aromatic N) is 1. The van der Waals surface area contributed by atoms with E-state index in [2.05, 4.69) is 24.3 Å². The molecule has 0 saturated heterocycles. The van der Waals surface area contributed by atoms with Crippen LogP contribution in [0.2, 0.25) is 0 Å². The van der Waals surface area contributed by atoms with Gasteiger partial charge in [-0.1, -0.05) is 60.7 Å². The highest BCUT2D eigenvalue weighted by Crippen LogP contribution is 2.35. The average molecular weight is 353 g/mol. The zero-order chi connectivity index (χ0) is 18.4. The summed E-state index contributed by atoms with van der Waals surface area (Å²) in [6.07, 6.45) is 0. The van der Waals surface area contributed by atoms with E-state index in [4.69, 9.17) is 4.42 Å². The molecule has 3 aromatic carbocycles. The standard InChI is InChI=1S/C23H15NO3/c25-23(26)21-12-13-22(27-21)24-19-11-10-15-6-4-5-9-17(15)18(19)14-20(24)16-7-2-1-3-8-16/h1-14H,(H,25,26). The van der Waals surface area contributed by atoms with Gasteiger partial charge in [-0.3, -0.25) is 4.57 Å². The quantitative estimate of drug-likeness (QED) is 0.450. The number of carbonyl (C=O) groups is 1. The molecule has 4 heteroatoms. The van der Waals surface area contributed by atoms with Gasteiger partial charge in [0.2, 0.25) is 11.6 Å². The largest absolute Gasteiger partial charge is 0.475 e. The lowest BCUT2D eigenvalue weighted by Gasteiger charge is -2.08. The average Bonchev–Trinajstić information content (AvgIpc) is 3.33. The molecule has 0 amide bonds. The van der Waals surface area contributed by atoms with Gasteiger partial charge < -0.3 is 9.52 Å². The molecule has 130 valence electrons. The molecular formula is C23H15NO3. The number of aromatic carboxylic acids is 1. The highest BCUT2D eigenvalue weighted by molar-refractivity contribution is 6.09. The third kappa shape index (κ3) is 2.42. The zero-order valence-electron chi connectivity index (χ0n) is 14.3. The number of carboxylic acids is 1. The summed E-state index contributed by atoms with van der Waals surface area (Å²) in [6.45, 7) is 0. The van der Waals surface area contributed by atoms with Crippen LogP contribution >= 0.6 is 0 Å². The topological polar surface area (TPSA) is 55.4 Å². The first kappa shape index (κ1) is 15.5. The van der Waals surface area contributed by atoms with Crippen LogP contribution in [0.15, 0.2) is 89.3 Å². The minimum atomic E-state index is -1.08. The Morgan fingerprint density at radius 1 is 0.815 bits per heavy atom. The molecule has 0 spiro atoms. The van der Waals surface area contributed by atoms with Crippen molar-refractivity contribution in [3.63, 3.8) is 0 Å². The van der Waals surface area contributed by atoms with E-state index in [0.717, 1.165) is 32.9 Å². The molecule has 27 heavy (non-hydrogen) atoms. The fourth-order valence-corrected chi connectivity index (χ4v) is 3.58. The van der Waals surface area contributed by atoms with Crippen LogP contribution in [0.4, 0.5) is 0 Å². The molecule has 2 aromatic heterocycles. The van der Waals surface area contributed by atoms with Crippen molar-refractivity contribution in [3.8, 4) is 17.1 Å². The van der Waals surface area contributed by atoms with Gasteiger partial charge in [-0.2, -0.15) is 0 Å². The predicted molar refractivity (Wildman–Crippen MR) is 105 cm³/mol. The Morgan fingerprint density at radius 2 is 1.59 bits per heavy atom. The van der Waals surface area contributed by atoms with Crippen molar-refractivity contribution in [2.45, 2.75) is 0 Å². The Morgan fingerprint density at radius 3 is 2.37 bits per heavy atom. The maximum absolute atomic E-state index is 11.3. The van der Waals surface area contributed by atoms with Crippen molar-refractivity contribution in [1.29, 1.82) is 0 Å². The van der Waals surface area contributed by atoms with Gasteiger partial charge in [0.25, 0.3) is 0 Å². The van der Waals surface area contributed by atoms with Crippen LogP contribution in [-0.2, 0) is 0 Å². The molecule has 4 nitrogen and oxygen atoms in total. The number of hydrogen-bond acceptors (Lipinski definition) is 2. The lowest BCUT2D eigenvalue weighted by Crippen LogP contribution is -1.96. The minimum Gasteiger partial charge on any atom is -0.475 e. The van der Waals surface area contributed by atoms with E-state index in [1.54, 1.807) is 6.07 Å². The van der Waals surface area contributed by atoms with Crippen LogP contribution in [-0.4, -0.2) is 15.6 Å². The first-order valence-corrected chi connectivity index (χ1v) is 8.64. The molecule has 0 aliphatic heterocycles. The third-order valence-electron chi connectivity index (χ3n) is 4.80. The summed E-state index contributed by atoms with van der Waals surface area (Å²) >= 11 is 0. The normalized spacial score (nSPS) is 11.3. The summed E-state index contributed by atoms with van der Waals surface area (Å²) in [7, 11) is 0. The van der Waals surface area contributed by atoms with Gasteiger partial charge >= 0.3 is 5.97 Å². The molecule has 5 aromatic rings. The Balaban J connectivity index is 1.88. The minimum absolute atomic E-state index is 0.0772. The molecule has 0 fully saturated rings. The Kier molecular flexibility index (Phi) is 3.37. The predicted octanol–water partition coefficient (Wildman–Crippen LogP) is 5.74. The van der Waals surface area contributed by atoms with Gasteiger partial charge in [-0.05, 0) is 34.5 Å². The maximum atomic E-state index is 11.3. The van der Waals surface area contributed by atoms with Gasteiger partial charge in [0.05, 0.1) is 11.2 Å². The van der Waals surface area contributed by atoms with Gasteiger partial charge in [0, 0.05) is 11.5 Å². The number of rotatable bonds is 3. The summed E-state index contributed by atoms with van der Waals surface area (Å²) in [5.41, 5.74) is 2.96. The Bertz CT molecular complexity index is 1300. The molecule has 0 aliphatic carbocycles. The number of benzene rings is 3. The number of hydrogen-bond donors (Lipinski definition) is 1. The monoisotopic (exact) mass is 353 g/mol. The molecule has 0 bridgehead atoms. The van der Waals surface area contributed by atoms with E-state index in [1.165, 1.54) is 6.07 Å². The fraction of sp³-hybridized carbons (Fsp3) is 0. The van der Waals surface area contributed by atoms with E-state index in [1.807, 2.05) is 53.1 Å². The lowest BCUT2D eigenvalue weighted by molar-refractivity contribution is 0.0662. The maximum Gasteiger partial charge on any atom is 0.371 e. The van der Waals surface area contributed by atoms with E-state index in [9.17, 15) is 9.90 Å². The van der Waals surface area contributed by atoms with Crippen LogP contribution in [0.3, 0.4) is 0 Å². The highest BCUT2D eigenvalue weighted by Gasteiger charge is 2.18. The van der Waals surface area contributed by atoms with Gasteiger partial charge in [-0.25, -0.2) is 4.79 Å². The highest BCUT2D eigenvalue weighted by atomic mass is 16.4. The van der Waals surface area contributed by atoms with E-state index >= 15 is 0 Å². The van der Waals surface area contributed by atoms with Gasteiger partial charge in [0.15, 0.2) is 0 Å². The summed E-state index contributed by atoms with van der Waals surface area (Å²) in [5, 5.41) is 12.6. The zero-order valence-corrected chi connectivity index (χ0v) is 14.3. The second kappa shape index (κ2) is 5.88. The summed E-state index contributed by atoms with van der Waals surface area (Å²) in [4.78, 5) is 11.3. The Labute approximate surface area is 154 Å². The van der Waals surface area contributed by atoms with Crippen molar-refractivity contribution >= 4 is 27.6 Å². The van der Waals surface area contributed by atoms with Crippen molar-refractivity contribution in [3.05, 3.63) is 90.7 Å². The van der Waals surface area contributed by atoms with Crippen LogP contribution < -0.4 is 0 Å². The van der Waals surface area contributed by atoms with Crippen molar-refractivity contribution in [1.82, 2.24) is 4.57 Å². The van der Waals surface area contributed by atoms with Crippen molar-refractivity contribution < 1.29 is 14.3 Å². The molecule has 0 radical (unpaired) electrons. The lowest BCUT2D eigenvalue weighted by atomic mass is 10.1. The van der Waals surface area contributed by atoms with E-state index in [0.29, 0.717) is 5.88 Å². The SMILES string of the molecule is O=C(O)c1ccc(-n2c(-c3ccccc3)cc3c4ccccc4ccc32)o1. The van der Waals surface area contributed by atoms with Crippen LogP contribution in [0.25, 0.3) is 38.8 Å². The van der Waals surface area contributed by atoms with E-state index < -0.39 is 5.97 Å². The number of aromatic nitrogens is 1. The van der Waals surface area contributed by atoms with Gasteiger partial charge in [0.1, 0.15) is 0 Å². The van der Waals surface area contributed by atoms with Gasteiger partial charge in [-0.15, -0.1) is 0 Å². The summed E-state index contributed by atoms with van der Waals surface area (Å²) < 4.78 is 7.61.